The molecule has 2 aromatic rings. The maximum absolute atomic E-state index is 12.4. The van der Waals surface area contributed by atoms with E-state index in [-0.39, 0.29) is 4.90 Å². The summed E-state index contributed by atoms with van der Waals surface area (Å²) in [5.41, 5.74) is 1.31. The summed E-state index contributed by atoms with van der Waals surface area (Å²) in [6, 6.07) is 7.97. The summed E-state index contributed by atoms with van der Waals surface area (Å²) in [4.78, 5) is 0.117. The van der Waals surface area contributed by atoms with Crippen LogP contribution in [-0.2, 0) is 17.1 Å². The third-order valence-electron chi connectivity index (χ3n) is 3.18. The van der Waals surface area contributed by atoms with Crippen molar-refractivity contribution in [1.82, 2.24) is 9.78 Å². The van der Waals surface area contributed by atoms with Crippen molar-refractivity contribution in [3.63, 3.8) is 0 Å². The van der Waals surface area contributed by atoms with Crippen molar-refractivity contribution in [3.05, 3.63) is 41.6 Å². The molecule has 0 aliphatic heterocycles. The summed E-state index contributed by atoms with van der Waals surface area (Å²) in [5, 5.41) is 13.9. The summed E-state index contributed by atoms with van der Waals surface area (Å²) in [6.45, 7) is 3.62. The first-order chi connectivity index (χ1) is 9.83. The number of sulfonamides is 1. The molecule has 114 valence electrons. The quantitative estimate of drug-likeness (QED) is 0.884. The smallest absolute Gasteiger partial charge is 0.263 e. The molecule has 0 amide bonds. The average Bonchev–Trinajstić information content (AvgIpc) is 2.75. The molecule has 0 saturated heterocycles. The highest BCUT2D eigenvalue weighted by atomic mass is 32.2. The largest absolute Gasteiger partial charge is 0.388 e. The first-order valence-corrected chi connectivity index (χ1v) is 8.13. The topological polar surface area (TPSA) is 84.2 Å². The van der Waals surface area contributed by atoms with Gasteiger partial charge in [0.15, 0.2) is 0 Å². The molecule has 0 aliphatic rings. The Hall–Kier alpha value is -1.86. The van der Waals surface area contributed by atoms with Gasteiger partial charge in [-0.05, 0) is 31.0 Å². The normalized spacial score (nSPS) is 13.1. The number of nitrogens with zero attached hydrogens (tertiary/aromatic N) is 2. The summed E-state index contributed by atoms with van der Waals surface area (Å²) in [7, 11) is -2.04. The number of aromatic nitrogens is 2. The Labute approximate surface area is 124 Å². The summed E-state index contributed by atoms with van der Waals surface area (Å²) < 4.78 is 28.8. The van der Waals surface area contributed by atoms with Crippen LogP contribution < -0.4 is 4.72 Å². The molecule has 1 aromatic carbocycles. The fraction of sp³-hybridized carbons (Fsp3) is 0.357. The standard InChI is InChI=1S/C14H19N3O3S/c1-4-13(18)11-6-5-7-12(9-11)21(19,20)16-14-8-10(2)15-17(14)3/h5-9,13,16,18H,4H2,1-3H3. The van der Waals surface area contributed by atoms with E-state index >= 15 is 0 Å². The third-order valence-corrected chi connectivity index (χ3v) is 4.53. The van der Waals surface area contributed by atoms with E-state index < -0.39 is 16.1 Å². The molecule has 0 bridgehead atoms. The molecule has 6 nitrogen and oxygen atoms in total. The maximum atomic E-state index is 12.4. The monoisotopic (exact) mass is 309 g/mol. The Morgan fingerprint density at radius 3 is 2.67 bits per heavy atom. The number of nitrogens with one attached hydrogen (secondary N) is 1. The molecule has 2 N–H and O–H groups in total. The molecule has 21 heavy (non-hydrogen) atoms. The van der Waals surface area contributed by atoms with Gasteiger partial charge >= 0.3 is 0 Å². The Morgan fingerprint density at radius 1 is 1.38 bits per heavy atom. The number of aryl methyl sites for hydroxylation is 2. The van der Waals surface area contributed by atoms with Crippen LogP contribution in [0.3, 0.4) is 0 Å². The molecule has 7 heteroatoms. The van der Waals surface area contributed by atoms with Gasteiger partial charge < -0.3 is 5.11 Å². The highest BCUT2D eigenvalue weighted by Gasteiger charge is 2.18. The molecule has 0 saturated carbocycles. The van der Waals surface area contributed by atoms with Crippen LogP contribution in [0.1, 0.15) is 30.7 Å². The van der Waals surface area contributed by atoms with Crippen LogP contribution in [0.5, 0.6) is 0 Å². The highest BCUT2D eigenvalue weighted by molar-refractivity contribution is 7.92. The molecule has 0 aliphatic carbocycles. The van der Waals surface area contributed by atoms with E-state index in [0.29, 0.717) is 17.8 Å². The van der Waals surface area contributed by atoms with Crippen molar-refractivity contribution in [1.29, 1.82) is 0 Å². The molecule has 1 unspecified atom stereocenters. The predicted octanol–water partition coefficient (Wildman–Crippen LogP) is 1.97. The van der Waals surface area contributed by atoms with E-state index in [1.54, 1.807) is 32.2 Å². The molecule has 0 spiro atoms. The van der Waals surface area contributed by atoms with Gasteiger partial charge in [-0.15, -0.1) is 0 Å². The molecule has 0 radical (unpaired) electrons. The SMILES string of the molecule is CCC(O)c1cccc(S(=O)(=O)Nc2cc(C)nn2C)c1. The van der Waals surface area contributed by atoms with Gasteiger partial charge in [0.05, 0.1) is 16.7 Å². The van der Waals surface area contributed by atoms with Crippen LogP contribution >= 0.6 is 0 Å². The van der Waals surface area contributed by atoms with E-state index in [2.05, 4.69) is 9.82 Å². The summed E-state index contributed by atoms with van der Waals surface area (Å²) in [6.07, 6.45) is -0.142. The lowest BCUT2D eigenvalue weighted by atomic mass is 10.1. The van der Waals surface area contributed by atoms with Crippen LogP contribution in [0.2, 0.25) is 0 Å². The Bertz CT molecular complexity index is 738. The lowest BCUT2D eigenvalue weighted by molar-refractivity contribution is 0.173. The molecule has 0 fully saturated rings. The zero-order valence-corrected chi connectivity index (χ0v) is 13.1. The second kappa shape index (κ2) is 5.87. The van der Waals surface area contributed by atoms with E-state index in [0.717, 1.165) is 5.69 Å². The van der Waals surface area contributed by atoms with Crippen LogP contribution in [0.25, 0.3) is 0 Å². The van der Waals surface area contributed by atoms with E-state index in [1.807, 2.05) is 6.92 Å². The number of hydrogen-bond donors (Lipinski definition) is 2. The first-order valence-electron chi connectivity index (χ1n) is 6.65. The van der Waals surface area contributed by atoms with E-state index in [1.165, 1.54) is 16.8 Å². The minimum atomic E-state index is -3.71. The van der Waals surface area contributed by atoms with E-state index in [4.69, 9.17) is 0 Å². The lowest BCUT2D eigenvalue weighted by Crippen LogP contribution is -2.15. The second-order valence-electron chi connectivity index (χ2n) is 4.90. The number of hydrogen-bond acceptors (Lipinski definition) is 4. The van der Waals surface area contributed by atoms with Gasteiger partial charge in [-0.1, -0.05) is 19.1 Å². The fourth-order valence-corrected chi connectivity index (χ4v) is 3.16. The number of aliphatic hydroxyl groups excluding tert-OH is 1. The van der Waals surface area contributed by atoms with Gasteiger partial charge in [0, 0.05) is 13.1 Å². The molecule has 1 heterocycles. The Morgan fingerprint density at radius 2 is 2.10 bits per heavy atom. The summed E-state index contributed by atoms with van der Waals surface area (Å²) >= 11 is 0. The molecule has 1 atom stereocenters. The summed E-state index contributed by atoms with van der Waals surface area (Å²) in [5.74, 6) is 0.397. The van der Waals surface area contributed by atoms with Crippen molar-refractivity contribution >= 4 is 15.8 Å². The van der Waals surface area contributed by atoms with Gasteiger partial charge in [-0.25, -0.2) is 8.42 Å². The lowest BCUT2D eigenvalue weighted by Gasteiger charge is -2.11. The molecular formula is C14H19N3O3S. The van der Waals surface area contributed by atoms with Crippen molar-refractivity contribution in [2.45, 2.75) is 31.3 Å². The van der Waals surface area contributed by atoms with Crippen LogP contribution in [0.4, 0.5) is 5.82 Å². The van der Waals surface area contributed by atoms with Crippen molar-refractivity contribution < 1.29 is 13.5 Å². The number of anilines is 1. The van der Waals surface area contributed by atoms with Gasteiger partial charge in [0.2, 0.25) is 0 Å². The van der Waals surface area contributed by atoms with Gasteiger partial charge in [0.25, 0.3) is 10.0 Å². The van der Waals surface area contributed by atoms with Crippen LogP contribution in [-0.4, -0.2) is 23.3 Å². The van der Waals surface area contributed by atoms with Crippen LogP contribution in [0.15, 0.2) is 35.2 Å². The highest BCUT2D eigenvalue weighted by Crippen LogP contribution is 2.22. The Kier molecular flexibility index (Phi) is 4.34. The minimum absolute atomic E-state index is 0.117. The average molecular weight is 309 g/mol. The van der Waals surface area contributed by atoms with Crippen LogP contribution in [0, 0.1) is 6.92 Å². The predicted molar refractivity (Wildman–Crippen MR) is 80.4 cm³/mol. The van der Waals surface area contributed by atoms with Crippen molar-refractivity contribution in [2.24, 2.45) is 7.05 Å². The van der Waals surface area contributed by atoms with Gasteiger partial charge in [-0.2, -0.15) is 5.10 Å². The maximum Gasteiger partial charge on any atom is 0.263 e. The van der Waals surface area contributed by atoms with E-state index in [9.17, 15) is 13.5 Å². The third kappa shape index (κ3) is 3.43. The number of benzene rings is 1. The van der Waals surface area contributed by atoms with Crippen molar-refractivity contribution in [3.8, 4) is 0 Å². The molecule has 1 aromatic heterocycles. The van der Waals surface area contributed by atoms with Crippen molar-refractivity contribution in [2.75, 3.05) is 4.72 Å². The first kappa shape index (κ1) is 15.5. The zero-order chi connectivity index (χ0) is 15.6. The minimum Gasteiger partial charge on any atom is -0.388 e. The molecule has 2 rings (SSSR count). The fourth-order valence-electron chi connectivity index (χ4n) is 2.03. The second-order valence-corrected chi connectivity index (χ2v) is 6.58. The molecular weight excluding hydrogens is 290 g/mol. The zero-order valence-electron chi connectivity index (χ0n) is 12.2. The Balaban J connectivity index is 2.33. The number of rotatable bonds is 5. The number of aliphatic hydroxyl groups is 1. The van der Waals surface area contributed by atoms with Gasteiger partial charge in [0.1, 0.15) is 5.82 Å². The van der Waals surface area contributed by atoms with Gasteiger partial charge in [-0.3, -0.25) is 9.40 Å².